The van der Waals surface area contributed by atoms with Crippen molar-refractivity contribution in [1.29, 1.82) is 0 Å². The summed E-state index contributed by atoms with van der Waals surface area (Å²) in [7, 11) is 1.22. The van der Waals surface area contributed by atoms with Crippen LogP contribution in [0.4, 0.5) is 0 Å². The maximum atomic E-state index is 11.7. The maximum Gasteiger partial charge on any atom is 0.325 e. The number of hydrogen-bond donors (Lipinski definition) is 2. The lowest BCUT2D eigenvalue weighted by atomic mass is 10.1. The van der Waals surface area contributed by atoms with Crippen LogP contribution in [0.25, 0.3) is 0 Å². The highest BCUT2D eigenvalue weighted by Crippen LogP contribution is 2.19. The molecule has 0 bridgehead atoms. The first-order valence-corrected chi connectivity index (χ1v) is 6.28. The Kier molecular flexibility index (Phi) is 6.52. The first-order chi connectivity index (χ1) is 9.54. The fraction of sp³-hybridized carbons (Fsp3) is 0.308. The first kappa shape index (κ1) is 16.0. The molecule has 20 heavy (non-hydrogen) atoms. The molecule has 0 fully saturated rings. The number of carbonyl (C=O) groups excluding carboxylic acids is 3. The zero-order valence-electron chi connectivity index (χ0n) is 10.9. The van der Waals surface area contributed by atoms with Crippen molar-refractivity contribution in [2.24, 2.45) is 0 Å². The summed E-state index contributed by atoms with van der Waals surface area (Å²) >= 11 is 5.97. The van der Waals surface area contributed by atoms with Gasteiger partial charge in [-0.25, -0.2) is 0 Å². The summed E-state index contributed by atoms with van der Waals surface area (Å²) in [5, 5.41) is 3.81. The highest BCUT2D eigenvalue weighted by Gasteiger charge is 2.17. The van der Waals surface area contributed by atoms with Crippen molar-refractivity contribution in [2.45, 2.75) is 5.38 Å². The van der Waals surface area contributed by atoms with E-state index in [-0.39, 0.29) is 13.1 Å². The summed E-state index contributed by atoms with van der Waals surface area (Å²) in [6.07, 6.45) is 0. The van der Waals surface area contributed by atoms with Crippen molar-refractivity contribution in [2.75, 3.05) is 20.2 Å². The molecule has 0 saturated heterocycles. The fourth-order valence-electron chi connectivity index (χ4n) is 1.34. The predicted molar refractivity (Wildman–Crippen MR) is 73.1 cm³/mol. The molecule has 6 nitrogen and oxygen atoms in total. The number of hydrogen-bond acceptors (Lipinski definition) is 4. The molecule has 0 aliphatic rings. The second-order valence-electron chi connectivity index (χ2n) is 3.84. The quantitative estimate of drug-likeness (QED) is 0.587. The molecule has 108 valence electrons. The topological polar surface area (TPSA) is 84.5 Å². The van der Waals surface area contributed by atoms with Gasteiger partial charge < -0.3 is 15.4 Å². The normalized spacial score (nSPS) is 11.3. The lowest BCUT2D eigenvalue weighted by Gasteiger charge is -2.10. The van der Waals surface area contributed by atoms with Gasteiger partial charge in [0.1, 0.15) is 11.9 Å². The van der Waals surface area contributed by atoms with Crippen LogP contribution in [0.15, 0.2) is 30.3 Å². The molecule has 0 radical (unpaired) electrons. The van der Waals surface area contributed by atoms with Gasteiger partial charge in [-0.2, -0.15) is 0 Å². The van der Waals surface area contributed by atoms with Gasteiger partial charge in [-0.15, -0.1) is 11.6 Å². The van der Waals surface area contributed by atoms with Gasteiger partial charge in [0.25, 0.3) is 0 Å². The Morgan fingerprint density at radius 2 is 1.80 bits per heavy atom. The molecule has 1 aromatic rings. The highest BCUT2D eigenvalue weighted by molar-refractivity contribution is 6.30. The molecule has 0 saturated carbocycles. The molecule has 1 rings (SSSR count). The monoisotopic (exact) mass is 298 g/mol. The second kappa shape index (κ2) is 8.16. The number of carbonyl (C=O) groups is 3. The Balaban J connectivity index is 2.36. The van der Waals surface area contributed by atoms with Gasteiger partial charge in [-0.3, -0.25) is 14.4 Å². The van der Waals surface area contributed by atoms with E-state index >= 15 is 0 Å². The van der Waals surface area contributed by atoms with Crippen LogP contribution in [-0.2, 0) is 19.1 Å². The Morgan fingerprint density at radius 1 is 1.15 bits per heavy atom. The number of esters is 1. The smallest absolute Gasteiger partial charge is 0.325 e. The number of benzene rings is 1. The van der Waals surface area contributed by atoms with Crippen molar-refractivity contribution in [3.63, 3.8) is 0 Å². The molecular weight excluding hydrogens is 284 g/mol. The molecule has 1 aromatic carbocycles. The molecule has 7 heteroatoms. The molecule has 2 amide bonds. The second-order valence-corrected chi connectivity index (χ2v) is 4.28. The summed E-state index contributed by atoms with van der Waals surface area (Å²) in [6, 6.07) is 8.77. The average molecular weight is 299 g/mol. The predicted octanol–water partition coefficient (Wildman–Crippen LogP) is 0.372. The first-order valence-electron chi connectivity index (χ1n) is 5.85. The van der Waals surface area contributed by atoms with Crippen LogP contribution in [0.3, 0.4) is 0 Å². The van der Waals surface area contributed by atoms with Crippen molar-refractivity contribution < 1.29 is 19.1 Å². The van der Waals surface area contributed by atoms with Gasteiger partial charge in [0, 0.05) is 0 Å². The van der Waals surface area contributed by atoms with Crippen molar-refractivity contribution in [3.05, 3.63) is 35.9 Å². The number of halogens is 1. The van der Waals surface area contributed by atoms with Crippen LogP contribution < -0.4 is 10.6 Å². The molecule has 0 heterocycles. The third-order valence-corrected chi connectivity index (χ3v) is 2.85. The summed E-state index contributed by atoms with van der Waals surface area (Å²) < 4.78 is 4.36. The number of ether oxygens (including phenoxy) is 1. The van der Waals surface area contributed by atoms with Crippen LogP contribution in [0.2, 0.25) is 0 Å². The van der Waals surface area contributed by atoms with E-state index < -0.39 is 23.2 Å². The largest absolute Gasteiger partial charge is 0.468 e. The van der Waals surface area contributed by atoms with Crippen LogP contribution in [-0.4, -0.2) is 38.0 Å². The van der Waals surface area contributed by atoms with Gasteiger partial charge in [0.15, 0.2) is 0 Å². The van der Waals surface area contributed by atoms with E-state index in [1.54, 1.807) is 24.3 Å². The minimum atomic E-state index is -0.871. The van der Waals surface area contributed by atoms with Gasteiger partial charge >= 0.3 is 5.97 Å². The molecule has 1 unspecified atom stereocenters. The lowest BCUT2D eigenvalue weighted by molar-refractivity contribution is -0.141. The van der Waals surface area contributed by atoms with E-state index in [2.05, 4.69) is 15.4 Å². The minimum absolute atomic E-state index is 0.242. The Hall–Kier alpha value is -2.08. The van der Waals surface area contributed by atoms with E-state index in [0.717, 1.165) is 0 Å². The molecular formula is C13H15ClN2O4. The lowest BCUT2D eigenvalue weighted by Crippen LogP contribution is -2.40. The van der Waals surface area contributed by atoms with Gasteiger partial charge in [0.2, 0.25) is 11.8 Å². The minimum Gasteiger partial charge on any atom is -0.468 e. The zero-order valence-corrected chi connectivity index (χ0v) is 11.6. The third-order valence-electron chi connectivity index (χ3n) is 2.40. The molecule has 0 aliphatic heterocycles. The van der Waals surface area contributed by atoms with E-state index in [1.807, 2.05) is 6.07 Å². The SMILES string of the molecule is COC(=O)CNC(=O)CNC(=O)C(Cl)c1ccccc1. The van der Waals surface area contributed by atoms with Crippen LogP contribution in [0.1, 0.15) is 10.9 Å². The van der Waals surface area contributed by atoms with Crippen LogP contribution >= 0.6 is 11.6 Å². The van der Waals surface area contributed by atoms with Gasteiger partial charge in [-0.1, -0.05) is 30.3 Å². The molecule has 0 spiro atoms. The third kappa shape index (κ3) is 5.27. The molecule has 0 aliphatic carbocycles. The summed E-state index contributed by atoms with van der Waals surface area (Å²) in [5.41, 5.74) is 0.640. The number of nitrogens with one attached hydrogen (secondary N) is 2. The van der Waals surface area contributed by atoms with E-state index in [1.165, 1.54) is 7.11 Å². The Morgan fingerprint density at radius 3 is 2.40 bits per heavy atom. The van der Waals surface area contributed by atoms with E-state index in [9.17, 15) is 14.4 Å². The van der Waals surface area contributed by atoms with E-state index in [0.29, 0.717) is 5.56 Å². The summed E-state index contributed by atoms with van der Waals surface area (Å²) in [5.74, 6) is -1.55. The fourth-order valence-corrected chi connectivity index (χ4v) is 1.56. The van der Waals surface area contributed by atoms with E-state index in [4.69, 9.17) is 11.6 Å². The summed E-state index contributed by atoms with van der Waals surface area (Å²) in [6.45, 7) is -0.500. The number of rotatable bonds is 6. The zero-order chi connectivity index (χ0) is 15.0. The van der Waals surface area contributed by atoms with Crippen molar-refractivity contribution in [3.8, 4) is 0 Å². The Bertz CT molecular complexity index is 479. The number of alkyl halides is 1. The standard InChI is InChI=1S/C13H15ClN2O4/c1-20-11(18)8-15-10(17)7-16-13(19)12(14)9-5-3-2-4-6-9/h2-6,12H,7-8H2,1H3,(H,15,17)(H,16,19). The van der Waals surface area contributed by atoms with Crippen LogP contribution in [0.5, 0.6) is 0 Å². The number of amides is 2. The molecule has 1 atom stereocenters. The summed E-state index contributed by atoms with van der Waals surface area (Å²) in [4.78, 5) is 33.9. The van der Waals surface area contributed by atoms with Gasteiger partial charge in [0.05, 0.1) is 13.7 Å². The molecule has 0 aromatic heterocycles. The van der Waals surface area contributed by atoms with Gasteiger partial charge in [-0.05, 0) is 5.56 Å². The highest BCUT2D eigenvalue weighted by atomic mass is 35.5. The number of methoxy groups -OCH3 is 1. The van der Waals surface area contributed by atoms with Crippen molar-refractivity contribution in [1.82, 2.24) is 10.6 Å². The average Bonchev–Trinajstić information content (AvgIpc) is 2.50. The maximum absolute atomic E-state index is 11.7. The van der Waals surface area contributed by atoms with Crippen LogP contribution in [0, 0.1) is 0 Å². The Labute approximate surface area is 121 Å². The molecule has 2 N–H and O–H groups in total. The van der Waals surface area contributed by atoms with Crippen molar-refractivity contribution >= 4 is 29.4 Å².